The molecule has 1 aliphatic heterocycles. The van der Waals surface area contributed by atoms with Crippen LogP contribution in [0.4, 0.5) is 0 Å². The van der Waals surface area contributed by atoms with Crippen LogP contribution in [0, 0.1) is 0 Å². The number of rotatable bonds is 43. The zero-order valence-electron chi connectivity index (χ0n) is 40.3. The number of unbranched alkanes of at least 4 members (excludes halogenated alkanes) is 18. The van der Waals surface area contributed by atoms with E-state index in [2.05, 4.69) is 90.9 Å². The van der Waals surface area contributed by atoms with E-state index in [-0.39, 0.29) is 19.6 Å². The third kappa shape index (κ3) is 36.3. The zero-order chi connectivity index (χ0) is 47.5. The van der Waals surface area contributed by atoms with Crippen LogP contribution in [0.5, 0.6) is 0 Å². The summed E-state index contributed by atoms with van der Waals surface area (Å²) in [5.41, 5.74) is 0. The molecule has 1 heterocycles. The van der Waals surface area contributed by atoms with Crippen molar-refractivity contribution in [2.45, 2.75) is 224 Å². The molecule has 1 fully saturated rings. The lowest BCUT2D eigenvalue weighted by atomic mass is 9.99. The van der Waals surface area contributed by atoms with E-state index in [4.69, 9.17) is 18.9 Å². The van der Waals surface area contributed by atoms with Crippen molar-refractivity contribution >= 4 is 16.4 Å². The monoisotopic (exact) mass is 939 g/mol. The van der Waals surface area contributed by atoms with Crippen LogP contribution in [0.15, 0.2) is 72.9 Å². The second-order valence-corrected chi connectivity index (χ2v) is 18.1. The molecule has 1 saturated heterocycles. The van der Waals surface area contributed by atoms with Crippen molar-refractivity contribution in [3.63, 3.8) is 0 Å². The summed E-state index contributed by atoms with van der Waals surface area (Å²) in [6, 6.07) is 0. The molecule has 6 atom stereocenters. The van der Waals surface area contributed by atoms with Crippen molar-refractivity contribution in [3.8, 4) is 0 Å². The number of carbonyl (C=O) groups excluding carboxylic acids is 1. The molecule has 0 aromatic heterocycles. The second-order valence-electron chi connectivity index (χ2n) is 17.0. The SMILES string of the molecule is CC/C=C\C/C=C\C/C=C\C/C=C\C/C=C\C/C=C\CCCCCCCCCOCC(COC1OC(CO)C(O)C(OS(=O)(=O)O)C1O)OC(=O)CCCCCCCCCCCCCC. The average Bonchev–Trinajstić information content (AvgIpc) is 3.28. The highest BCUT2D eigenvalue weighted by Crippen LogP contribution is 2.26. The molecule has 1 rings (SSSR count). The lowest BCUT2D eigenvalue weighted by Gasteiger charge is -2.41. The first-order valence-electron chi connectivity index (χ1n) is 25.2. The van der Waals surface area contributed by atoms with Gasteiger partial charge in [-0.1, -0.05) is 189 Å². The number of aliphatic hydroxyl groups is 3. The molecular weight excluding hydrogens is 849 g/mol. The van der Waals surface area contributed by atoms with Gasteiger partial charge in [-0.15, -0.1) is 0 Å². The molecule has 12 nitrogen and oxygen atoms in total. The van der Waals surface area contributed by atoms with Crippen LogP contribution >= 0.6 is 0 Å². The smallest absolute Gasteiger partial charge is 0.397 e. The highest BCUT2D eigenvalue weighted by Gasteiger charge is 2.48. The summed E-state index contributed by atoms with van der Waals surface area (Å²) in [7, 11) is -5.07. The first kappa shape index (κ1) is 60.6. The largest absolute Gasteiger partial charge is 0.457 e. The van der Waals surface area contributed by atoms with E-state index >= 15 is 0 Å². The van der Waals surface area contributed by atoms with Gasteiger partial charge in [0.1, 0.15) is 30.5 Å². The Bertz CT molecular complexity index is 1410. The van der Waals surface area contributed by atoms with Crippen molar-refractivity contribution in [2.24, 2.45) is 0 Å². The molecule has 4 N–H and O–H groups in total. The number of aliphatic hydroxyl groups excluding tert-OH is 3. The van der Waals surface area contributed by atoms with Crippen LogP contribution in [0.3, 0.4) is 0 Å². The fraction of sp³-hybridized carbons (Fsp3) is 0.750. The van der Waals surface area contributed by atoms with Crippen LogP contribution in [-0.4, -0.2) is 97.5 Å². The number of allylic oxidation sites excluding steroid dienone is 12. The highest BCUT2D eigenvalue weighted by molar-refractivity contribution is 7.80. The quantitative estimate of drug-likeness (QED) is 0.0197. The summed E-state index contributed by atoms with van der Waals surface area (Å²) >= 11 is 0. The third-order valence-corrected chi connectivity index (χ3v) is 11.6. The van der Waals surface area contributed by atoms with Gasteiger partial charge in [0.2, 0.25) is 0 Å². The van der Waals surface area contributed by atoms with Crippen LogP contribution in [0.2, 0.25) is 0 Å². The molecule has 376 valence electrons. The third-order valence-electron chi connectivity index (χ3n) is 11.1. The standard InChI is InChI=1S/C52H90O12S/c1-3-5-7-9-11-13-15-17-18-19-20-21-22-23-24-25-26-27-28-29-30-32-34-36-38-40-42-60-44-46(62-48(54)41-39-37-35-33-31-16-14-12-10-8-6-4-2)45-61-52-50(56)51(64-65(57,58)59)49(55)47(43-53)63-52/h5,7,11,13,17-18,20-21,23-24,26-27,46-47,49-53,55-56H,3-4,6,8-10,12,14-16,19,22,25,28-45H2,1-2H3,(H,57,58,59)/b7-5-,13-11-,18-17-,21-20-,24-23-,27-26-. The van der Waals surface area contributed by atoms with Crippen molar-refractivity contribution < 1.29 is 56.2 Å². The Balaban J connectivity index is 2.34. The van der Waals surface area contributed by atoms with E-state index in [0.717, 1.165) is 89.9 Å². The summed E-state index contributed by atoms with van der Waals surface area (Å²) in [6.45, 7) is 3.84. The topological polar surface area (TPSA) is 178 Å². The predicted molar refractivity (Wildman–Crippen MR) is 262 cm³/mol. The van der Waals surface area contributed by atoms with Crippen molar-refractivity contribution in [1.82, 2.24) is 0 Å². The van der Waals surface area contributed by atoms with Crippen LogP contribution < -0.4 is 0 Å². The lowest BCUT2D eigenvalue weighted by molar-refractivity contribution is -0.301. The maximum absolute atomic E-state index is 12.9. The molecule has 6 unspecified atom stereocenters. The maximum atomic E-state index is 12.9. The Morgan fingerprint density at radius 1 is 0.600 bits per heavy atom. The number of carbonyl (C=O) groups is 1. The van der Waals surface area contributed by atoms with E-state index in [1.807, 2.05) is 0 Å². The summed E-state index contributed by atoms with van der Waals surface area (Å²) in [6.07, 6.45) is 46.5. The number of esters is 1. The van der Waals surface area contributed by atoms with Gasteiger partial charge in [-0.05, 0) is 64.2 Å². The molecule has 13 heteroatoms. The van der Waals surface area contributed by atoms with Gasteiger partial charge in [0.15, 0.2) is 6.29 Å². The van der Waals surface area contributed by atoms with E-state index in [1.54, 1.807) is 0 Å². The average molecular weight is 939 g/mol. The van der Waals surface area contributed by atoms with Gasteiger partial charge >= 0.3 is 16.4 Å². The molecule has 65 heavy (non-hydrogen) atoms. The summed E-state index contributed by atoms with van der Waals surface area (Å²) in [5.74, 6) is -0.406. The van der Waals surface area contributed by atoms with E-state index in [9.17, 15) is 33.1 Å². The Morgan fingerprint density at radius 2 is 1.06 bits per heavy atom. The molecule has 0 radical (unpaired) electrons. The second kappa shape index (κ2) is 42.9. The molecule has 0 aromatic rings. The Hall–Kier alpha value is -2.46. The van der Waals surface area contributed by atoms with Gasteiger partial charge in [0.25, 0.3) is 0 Å². The Labute approximate surface area is 394 Å². The predicted octanol–water partition coefficient (Wildman–Crippen LogP) is 11.5. The Morgan fingerprint density at radius 3 is 1.55 bits per heavy atom. The first-order chi connectivity index (χ1) is 31.6. The van der Waals surface area contributed by atoms with Crippen molar-refractivity contribution in [2.75, 3.05) is 26.4 Å². The molecule has 1 aliphatic rings. The fourth-order valence-electron chi connectivity index (χ4n) is 7.32. The van der Waals surface area contributed by atoms with Crippen LogP contribution in [-0.2, 0) is 38.3 Å². The summed E-state index contributed by atoms with van der Waals surface area (Å²) in [4.78, 5) is 12.9. The minimum absolute atomic E-state index is 0.0264. The summed E-state index contributed by atoms with van der Waals surface area (Å²) < 4.78 is 59.1. The number of ether oxygens (including phenoxy) is 4. The number of hydrogen-bond donors (Lipinski definition) is 4. The Kier molecular flexibility index (Phi) is 39.9. The minimum Gasteiger partial charge on any atom is -0.457 e. The first-order valence-corrected chi connectivity index (χ1v) is 26.6. The van der Waals surface area contributed by atoms with E-state index in [0.29, 0.717) is 13.0 Å². The van der Waals surface area contributed by atoms with Gasteiger partial charge in [0.05, 0.1) is 19.8 Å². The zero-order valence-corrected chi connectivity index (χ0v) is 41.1. The fourth-order valence-corrected chi connectivity index (χ4v) is 7.83. The van der Waals surface area contributed by atoms with Gasteiger partial charge in [0, 0.05) is 13.0 Å². The van der Waals surface area contributed by atoms with Crippen LogP contribution in [0.25, 0.3) is 0 Å². The maximum Gasteiger partial charge on any atom is 0.397 e. The van der Waals surface area contributed by atoms with E-state index in [1.165, 1.54) is 70.6 Å². The molecule has 0 amide bonds. The van der Waals surface area contributed by atoms with Gasteiger partial charge in [-0.2, -0.15) is 8.42 Å². The van der Waals surface area contributed by atoms with E-state index < -0.39 is 59.8 Å². The highest BCUT2D eigenvalue weighted by atomic mass is 32.3. The molecule has 0 spiro atoms. The lowest BCUT2D eigenvalue weighted by Crippen LogP contribution is -2.60. The van der Waals surface area contributed by atoms with Crippen molar-refractivity contribution in [3.05, 3.63) is 72.9 Å². The minimum atomic E-state index is -5.07. The molecule has 0 aliphatic carbocycles. The van der Waals surface area contributed by atoms with Gasteiger partial charge < -0.3 is 34.3 Å². The van der Waals surface area contributed by atoms with Gasteiger partial charge in [-0.25, -0.2) is 4.18 Å². The molecule has 0 bridgehead atoms. The molecule has 0 saturated carbocycles. The normalized spacial score (nSPS) is 20.2. The van der Waals surface area contributed by atoms with Gasteiger partial charge in [-0.3, -0.25) is 9.35 Å². The molecular formula is C52H90O12S. The number of hydrogen-bond acceptors (Lipinski definition) is 11. The summed E-state index contributed by atoms with van der Waals surface area (Å²) in [5, 5.41) is 30.7. The molecule has 0 aromatic carbocycles. The van der Waals surface area contributed by atoms with Crippen LogP contribution in [0.1, 0.15) is 187 Å². The van der Waals surface area contributed by atoms with Crippen molar-refractivity contribution in [1.29, 1.82) is 0 Å².